The Balaban J connectivity index is 1.56. The number of imide groups is 1. The van der Waals surface area contributed by atoms with Gasteiger partial charge in [0.05, 0.1) is 23.6 Å². The molecule has 0 radical (unpaired) electrons. The number of ketones is 2. The summed E-state index contributed by atoms with van der Waals surface area (Å²) >= 11 is 9.45. The van der Waals surface area contributed by atoms with E-state index < -0.39 is 46.9 Å². The van der Waals surface area contributed by atoms with E-state index in [0.717, 1.165) is 4.90 Å². The van der Waals surface area contributed by atoms with Crippen molar-refractivity contribution in [2.45, 2.75) is 11.7 Å². The summed E-state index contributed by atoms with van der Waals surface area (Å²) in [6.45, 7) is 0. The lowest BCUT2D eigenvalue weighted by Gasteiger charge is -2.27. The Bertz CT molecular complexity index is 1380. The molecule has 8 heteroatoms. The van der Waals surface area contributed by atoms with Gasteiger partial charge in [-0.25, -0.2) is 4.90 Å². The lowest BCUT2D eigenvalue weighted by Crippen LogP contribution is -2.51. The van der Waals surface area contributed by atoms with E-state index in [-0.39, 0.29) is 11.1 Å². The summed E-state index contributed by atoms with van der Waals surface area (Å²) < 4.78 is 6.79. The molecule has 1 spiro atoms. The van der Waals surface area contributed by atoms with Gasteiger partial charge in [0.2, 0.25) is 29.0 Å². The van der Waals surface area contributed by atoms with Crippen LogP contribution in [0.5, 0.6) is 0 Å². The van der Waals surface area contributed by atoms with Crippen LogP contribution >= 0.6 is 27.5 Å². The third-order valence-electron chi connectivity index (χ3n) is 6.81. The number of fused-ring (bicyclic) bond motifs is 3. The highest BCUT2D eigenvalue weighted by molar-refractivity contribution is 9.10. The van der Waals surface area contributed by atoms with Crippen LogP contribution in [0.1, 0.15) is 32.4 Å². The number of nitrogens with zero attached hydrogens (tertiary/aromatic N) is 1. The van der Waals surface area contributed by atoms with Gasteiger partial charge in [-0.15, -0.1) is 0 Å². The highest BCUT2D eigenvalue weighted by Gasteiger charge is 2.74. The van der Waals surface area contributed by atoms with E-state index in [1.54, 1.807) is 72.8 Å². The molecule has 0 aromatic heterocycles. The molecule has 0 N–H and O–H groups in total. The number of para-hydroxylation sites is 1. The monoisotopic (exact) mass is 535 g/mol. The van der Waals surface area contributed by atoms with Crippen molar-refractivity contribution >= 4 is 56.6 Å². The summed E-state index contributed by atoms with van der Waals surface area (Å²) in [7, 11) is 0. The number of ether oxygens (including phenoxy) is 1. The molecule has 3 aromatic rings. The molecule has 2 aliphatic heterocycles. The summed E-state index contributed by atoms with van der Waals surface area (Å²) in [6.07, 6.45) is -0.978. The van der Waals surface area contributed by atoms with Gasteiger partial charge in [-0.05, 0) is 45.8 Å². The lowest BCUT2D eigenvalue weighted by atomic mass is 9.77. The van der Waals surface area contributed by atoms with Gasteiger partial charge in [0.1, 0.15) is 0 Å². The Kier molecular flexibility index (Phi) is 4.68. The summed E-state index contributed by atoms with van der Waals surface area (Å²) in [5, 5.41) is 0.483. The number of hydrogen-bond donors (Lipinski definition) is 0. The molecule has 3 atom stereocenters. The maximum atomic E-state index is 13.9. The first-order valence-corrected chi connectivity index (χ1v) is 11.8. The summed E-state index contributed by atoms with van der Waals surface area (Å²) in [5.41, 5.74) is -0.790. The first kappa shape index (κ1) is 21.4. The minimum atomic E-state index is -2.10. The first-order chi connectivity index (χ1) is 16.4. The van der Waals surface area contributed by atoms with Crippen molar-refractivity contribution in [1.29, 1.82) is 0 Å². The van der Waals surface area contributed by atoms with Crippen LogP contribution in [0.15, 0.2) is 77.3 Å². The minimum Gasteiger partial charge on any atom is -0.349 e. The predicted molar refractivity (Wildman–Crippen MR) is 127 cm³/mol. The van der Waals surface area contributed by atoms with Gasteiger partial charge in [-0.3, -0.25) is 19.2 Å². The van der Waals surface area contributed by atoms with Crippen LogP contribution in [0.3, 0.4) is 0 Å². The molecular weight excluding hydrogens is 522 g/mol. The van der Waals surface area contributed by atoms with Crippen molar-refractivity contribution in [3.63, 3.8) is 0 Å². The highest BCUT2D eigenvalue weighted by Crippen LogP contribution is 2.58. The van der Waals surface area contributed by atoms with E-state index >= 15 is 0 Å². The van der Waals surface area contributed by atoms with Crippen LogP contribution in [0.4, 0.5) is 5.69 Å². The molecule has 168 valence electrons. The quantitative estimate of drug-likeness (QED) is 0.347. The molecule has 3 aliphatic rings. The molecule has 0 unspecified atom stereocenters. The molecule has 2 fully saturated rings. The molecule has 6 rings (SSSR count). The molecule has 34 heavy (non-hydrogen) atoms. The van der Waals surface area contributed by atoms with E-state index in [9.17, 15) is 19.2 Å². The average Bonchev–Trinajstić information content (AvgIpc) is 3.40. The average molecular weight is 537 g/mol. The maximum absolute atomic E-state index is 13.9. The van der Waals surface area contributed by atoms with Crippen molar-refractivity contribution < 1.29 is 23.9 Å². The predicted octanol–water partition coefficient (Wildman–Crippen LogP) is 4.80. The Morgan fingerprint density at radius 3 is 2.00 bits per heavy atom. The number of carbonyl (C=O) groups excluding carboxylic acids is 4. The SMILES string of the molecule is O=C1[C@H]2[C@@H](c3ccc(Cl)cc3)OC3(C(=O)c4ccccc4C3=O)[C@H]2C(=O)N1c1ccccc1Br. The van der Waals surface area contributed by atoms with Gasteiger partial charge in [0, 0.05) is 20.6 Å². The van der Waals surface area contributed by atoms with Crippen molar-refractivity contribution in [1.82, 2.24) is 0 Å². The fraction of sp³-hybridized carbons (Fsp3) is 0.154. The Labute approximate surface area is 207 Å². The van der Waals surface area contributed by atoms with Gasteiger partial charge >= 0.3 is 0 Å². The zero-order valence-corrected chi connectivity index (χ0v) is 19.7. The molecule has 0 saturated carbocycles. The highest BCUT2D eigenvalue weighted by atomic mass is 79.9. The zero-order chi connectivity index (χ0) is 23.8. The van der Waals surface area contributed by atoms with Gasteiger partial charge in [-0.1, -0.05) is 60.1 Å². The Hall–Kier alpha value is -3.13. The van der Waals surface area contributed by atoms with E-state index in [2.05, 4.69) is 15.9 Å². The topological polar surface area (TPSA) is 80.8 Å². The second-order valence-electron chi connectivity index (χ2n) is 8.50. The number of Topliss-reactive ketones (excluding diaryl/α,β-unsaturated/α-hetero) is 2. The van der Waals surface area contributed by atoms with Crippen molar-refractivity contribution in [3.05, 3.63) is 99.0 Å². The van der Waals surface area contributed by atoms with Crippen molar-refractivity contribution in [2.24, 2.45) is 11.8 Å². The number of anilines is 1. The third-order valence-corrected chi connectivity index (χ3v) is 7.73. The van der Waals surface area contributed by atoms with E-state index in [1.807, 2.05) is 0 Å². The maximum Gasteiger partial charge on any atom is 0.241 e. The van der Waals surface area contributed by atoms with Crippen LogP contribution in [0, 0.1) is 11.8 Å². The summed E-state index contributed by atoms with van der Waals surface area (Å²) in [6, 6.07) is 19.9. The van der Waals surface area contributed by atoms with Gasteiger partial charge in [0.25, 0.3) is 0 Å². The van der Waals surface area contributed by atoms with Crippen LogP contribution in [-0.4, -0.2) is 29.0 Å². The second kappa shape index (κ2) is 7.43. The summed E-state index contributed by atoms with van der Waals surface area (Å²) in [5.74, 6) is -4.67. The van der Waals surface area contributed by atoms with Gasteiger partial charge in [-0.2, -0.15) is 0 Å². The molecule has 2 heterocycles. The number of amides is 2. The number of benzene rings is 3. The van der Waals surface area contributed by atoms with Crippen LogP contribution in [-0.2, 0) is 14.3 Å². The fourth-order valence-electron chi connectivity index (χ4n) is 5.34. The van der Waals surface area contributed by atoms with Gasteiger partial charge in [0.15, 0.2) is 0 Å². The van der Waals surface area contributed by atoms with E-state index in [4.69, 9.17) is 16.3 Å². The fourth-order valence-corrected chi connectivity index (χ4v) is 5.93. The minimum absolute atomic E-state index is 0.197. The van der Waals surface area contributed by atoms with E-state index in [0.29, 0.717) is 20.7 Å². The number of carbonyl (C=O) groups is 4. The molecule has 0 bridgehead atoms. The van der Waals surface area contributed by atoms with Crippen molar-refractivity contribution in [3.8, 4) is 0 Å². The summed E-state index contributed by atoms with van der Waals surface area (Å²) in [4.78, 5) is 56.1. The number of hydrogen-bond acceptors (Lipinski definition) is 5. The number of halogens is 2. The molecule has 1 aliphatic carbocycles. The normalized spacial score (nSPS) is 24.8. The molecule has 2 saturated heterocycles. The van der Waals surface area contributed by atoms with E-state index in [1.165, 1.54) is 0 Å². The standard InChI is InChI=1S/C26H15BrClNO5/c27-17-7-3-4-8-18(17)29-24(32)19-20(25(29)33)26(34-21(19)13-9-11-14(28)12-10-13)22(30)15-5-1-2-6-16(15)23(26)31/h1-12,19-21H/t19-,20-,21-/m1/s1. The Morgan fingerprint density at radius 2 is 1.38 bits per heavy atom. The van der Waals surface area contributed by atoms with Crippen LogP contribution in [0.2, 0.25) is 5.02 Å². The number of rotatable bonds is 2. The molecular formula is C26H15BrClNO5. The van der Waals surface area contributed by atoms with Gasteiger partial charge < -0.3 is 4.74 Å². The Morgan fingerprint density at radius 1 is 0.794 bits per heavy atom. The smallest absolute Gasteiger partial charge is 0.241 e. The third kappa shape index (κ3) is 2.66. The lowest BCUT2D eigenvalue weighted by molar-refractivity contribution is -0.127. The largest absolute Gasteiger partial charge is 0.349 e. The van der Waals surface area contributed by atoms with Crippen LogP contribution in [0.25, 0.3) is 0 Å². The molecule has 2 amide bonds. The zero-order valence-electron chi connectivity index (χ0n) is 17.4. The van der Waals surface area contributed by atoms with Crippen molar-refractivity contribution in [2.75, 3.05) is 4.90 Å². The first-order valence-electron chi connectivity index (χ1n) is 10.6. The molecule has 6 nitrogen and oxygen atoms in total. The second-order valence-corrected chi connectivity index (χ2v) is 9.79. The molecule has 3 aromatic carbocycles. The van der Waals surface area contributed by atoms with Crippen LogP contribution < -0.4 is 4.90 Å².